The molecule has 1 aromatic carbocycles. The molecule has 0 amide bonds. The minimum absolute atomic E-state index is 0.215. The molecule has 41 heavy (non-hydrogen) atoms. The first-order valence-corrected chi connectivity index (χ1v) is 13.7. The van der Waals surface area contributed by atoms with Crippen LogP contribution in [0.5, 0.6) is 0 Å². The SMILES string of the molecule is CNc1cc(F)cc2c1[nH]c1ncc(-c3cnc4c(c3)c(=O)c(C(=O)O)cn4C)c(N3CC[C@@H]4CCN(C)[C@@H]4C3)c12. The second kappa shape index (κ2) is 9.27. The number of piperidine rings is 1. The lowest BCUT2D eigenvalue weighted by Crippen LogP contribution is -2.47. The van der Waals surface area contributed by atoms with E-state index in [4.69, 9.17) is 4.98 Å². The average Bonchev–Trinajstić information content (AvgIpc) is 3.53. The zero-order chi connectivity index (χ0) is 28.6. The maximum atomic E-state index is 14.9. The largest absolute Gasteiger partial charge is 0.477 e. The lowest BCUT2D eigenvalue weighted by Gasteiger charge is -2.39. The van der Waals surface area contributed by atoms with Crippen molar-refractivity contribution in [3.63, 3.8) is 0 Å². The normalized spacial score (nSPS) is 19.4. The van der Waals surface area contributed by atoms with Crippen molar-refractivity contribution in [1.29, 1.82) is 0 Å². The van der Waals surface area contributed by atoms with Crippen LogP contribution in [0.4, 0.5) is 15.8 Å². The number of aromatic carboxylic acids is 1. The average molecular weight is 556 g/mol. The Hall–Kier alpha value is -4.51. The first kappa shape index (κ1) is 25.5. The van der Waals surface area contributed by atoms with E-state index in [2.05, 4.69) is 32.1 Å². The van der Waals surface area contributed by atoms with E-state index in [0.29, 0.717) is 39.9 Å². The molecule has 210 valence electrons. The summed E-state index contributed by atoms with van der Waals surface area (Å²) < 4.78 is 16.4. The summed E-state index contributed by atoms with van der Waals surface area (Å²) in [5.74, 6) is -1.01. The van der Waals surface area contributed by atoms with Crippen molar-refractivity contribution in [2.45, 2.75) is 18.9 Å². The van der Waals surface area contributed by atoms with Gasteiger partial charge in [-0.3, -0.25) is 4.79 Å². The standard InChI is InChI=1S/C30H30FN7O3/c1-32-22-10-17(31)9-18-24-26(38-7-5-15-4-6-36(2)23(15)14-38)20(12-33-28(24)35-25(18)22)16-8-19-27(39)21(30(40)41)13-37(3)29(19)34-11-16/h8-13,15,23,32H,4-7,14H2,1-3H3,(H,33,35)(H,40,41)/t15-,23+/m0/s1. The number of anilines is 2. The molecule has 0 unspecified atom stereocenters. The molecule has 5 aromatic rings. The van der Waals surface area contributed by atoms with Gasteiger partial charge in [0.05, 0.1) is 27.7 Å². The molecule has 0 saturated carbocycles. The number of carbonyl (C=O) groups is 1. The minimum Gasteiger partial charge on any atom is -0.477 e. The number of carboxylic acid groups (broad SMARTS) is 1. The number of carboxylic acids is 1. The summed E-state index contributed by atoms with van der Waals surface area (Å²) >= 11 is 0. The number of aryl methyl sites for hydroxylation is 1. The van der Waals surface area contributed by atoms with Crippen molar-refractivity contribution < 1.29 is 14.3 Å². The minimum atomic E-state index is -1.29. The molecule has 0 bridgehead atoms. The maximum Gasteiger partial charge on any atom is 0.341 e. The van der Waals surface area contributed by atoms with Crippen LogP contribution < -0.4 is 15.6 Å². The van der Waals surface area contributed by atoms with Gasteiger partial charge >= 0.3 is 5.97 Å². The van der Waals surface area contributed by atoms with Gasteiger partial charge in [0, 0.05) is 68.3 Å². The lowest BCUT2D eigenvalue weighted by atomic mass is 9.90. The number of aromatic amines is 1. The van der Waals surface area contributed by atoms with Crippen molar-refractivity contribution in [1.82, 2.24) is 24.4 Å². The van der Waals surface area contributed by atoms with E-state index in [1.165, 1.54) is 24.8 Å². The van der Waals surface area contributed by atoms with Crippen LogP contribution in [0, 0.1) is 11.7 Å². The molecule has 3 N–H and O–H groups in total. The van der Waals surface area contributed by atoms with Crippen LogP contribution in [-0.4, -0.2) is 75.3 Å². The number of hydrogen-bond donors (Lipinski definition) is 3. The summed E-state index contributed by atoms with van der Waals surface area (Å²) in [6.45, 7) is 2.70. The van der Waals surface area contributed by atoms with E-state index >= 15 is 0 Å². The Morgan fingerprint density at radius 2 is 1.93 bits per heavy atom. The van der Waals surface area contributed by atoms with Crippen LogP contribution in [0.3, 0.4) is 0 Å². The number of H-pyrrole nitrogens is 1. The molecule has 10 nitrogen and oxygen atoms in total. The van der Waals surface area contributed by atoms with Crippen LogP contribution in [0.15, 0.2) is 41.6 Å². The second-order valence-electron chi connectivity index (χ2n) is 11.2. The Morgan fingerprint density at radius 3 is 2.71 bits per heavy atom. The number of nitrogens with one attached hydrogen (secondary N) is 2. The highest BCUT2D eigenvalue weighted by molar-refractivity contribution is 6.18. The number of halogens is 1. The molecular formula is C30H30FN7O3. The number of pyridine rings is 3. The predicted molar refractivity (Wildman–Crippen MR) is 157 cm³/mol. The Balaban J connectivity index is 1.52. The molecule has 2 fully saturated rings. The third-order valence-corrected chi connectivity index (χ3v) is 8.95. The number of benzene rings is 1. The second-order valence-corrected chi connectivity index (χ2v) is 11.2. The summed E-state index contributed by atoms with van der Waals surface area (Å²) in [6.07, 6.45) is 6.97. The lowest BCUT2D eigenvalue weighted by molar-refractivity contribution is 0.0695. The number of aromatic nitrogens is 4. The van der Waals surface area contributed by atoms with E-state index in [1.807, 2.05) is 0 Å². The molecule has 0 aliphatic carbocycles. The van der Waals surface area contributed by atoms with Crippen molar-refractivity contribution in [2.75, 3.05) is 43.9 Å². The van der Waals surface area contributed by atoms with Crippen LogP contribution >= 0.6 is 0 Å². The van der Waals surface area contributed by atoms with Crippen molar-refractivity contribution in [3.8, 4) is 11.1 Å². The van der Waals surface area contributed by atoms with E-state index in [0.717, 1.165) is 48.2 Å². The van der Waals surface area contributed by atoms with Crippen LogP contribution in [0.25, 0.3) is 44.1 Å². The Kier molecular flexibility index (Phi) is 5.75. The molecule has 11 heteroatoms. The predicted octanol–water partition coefficient (Wildman–Crippen LogP) is 4.04. The van der Waals surface area contributed by atoms with Gasteiger partial charge < -0.3 is 29.8 Å². The van der Waals surface area contributed by atoms with Crippen molar-refractivity contribution in [2.24, 2.45) is 13.0 Å². The van der Waals surface area contributed by atoms with E-state index < -0.39 is 11.4 Å². The number of rotatable bonds is 4. The monoisotopic (exact) mass is 555 g/mol. The Labute approximate surface area is 234 Å². The van der Waals surface area contributed by atoms with Gasteiger partial charge in [0.1, 0.15) is 22.7 Å². The molecule has 0 spiro atoms. The highest BCUT2D eigenvalue weighted by Crippen LogP contribution is 2.44. The zero-order valence-electron chi connectivity index (χ0n) is 23.0. The van der Waals surface area contributed by atoms with E-state index in [1.54, 1.807) is 37.1 Å². The smallest absolute Gasteiger partial charge is 0.341 e. The highest BCUT2D eigenvalue weighted by Gasteiger charge is 2.38. The van der Waals surface area contributed by atoms with Gasteiger partial charge in [0.2, 0.25) is 5.43 Å². The Bertz CT molecular complexity index is 1950. The molecule has 4 aromatic heterocycles. The number of hydrogen-bond acceptors (Lipinski definition) is 7. The van der Waals surface area contributed by atoms with Crippen LogP contribution in [0.2, 0.25) is 0 Å². The van der Waals surface area contributed by atoms with Gasteiger partial charge in [-0.25, -0.2) is 19.2 Å². The third kappa shape index (κ3) is 3.86. The Morgan fingerprint density at radius 1 is 1.12 bits per heavy atom. The molecular weight excluding hydrogens is 525 g/mol. The van der Waals surface area contributed by atoms with Gasteiger partial charge in [-0.05, 0) is 50.6 Å². The molecule has 2 aliphatic rings. The summed E-state index contributed by atoms with van der Waals surface area (Å²) in [7, 11) is 5.59. The fraction of sp³-hybridized carbons (Fsp3) is 0.333. The molecule has 0 radical (unpaired) electrons. The summed E-state index contributed by atoms with van der Waals surface area (Å²) in [4.78, 5) is 42.5. The summed E-state index contributed by atoms with van der Waals surface area (Å²) in [5.41, 5.74) is 3.83. The van der Waals surface area contributed by atoms with Gasteiger partial charge in [-0.15, -0.1) is 0 Å². The highest BCUT2D eigenvalue weighted by atomic mass is 19.1. The van der Waals surface area contributed by atoms with Gasteiger partial charge in [0.25, 0.3) is 0 Å². The molecule has 2 saturated heterocycles. The quantitative estimate of drug-likeness (QED) is 0.304. The molecule has 2 aliphatic heterocycles. The zero-order valence-corrected chi connectivity index (χ0v) is 23.0. The van der Waals surface area contributed by atoms with Crippen LogP contribution in [0.1, 0.15) is 23.2 Å². The number of nitrogens with zero attached hydrogens (tertiary/aromatic N) is 5. The van der Waals surface area contributed by atoms with E-state index in [9.17, 15) is 19.1 Å². The summed E-state index contributed by atoms with van der Waals surface area (Å²) in [6, 6.07) is 5.09. The topological polar surface area (TPSA) is 119 Å². The van der Waals surface area contributed by atoms with Crippen molar-refractivity contribution >= 4 is 50.3 Å². The summed E-state index contributed by atoms with van der Waals surface area (Å²) in [5, 5.41) is 14.4. The van der Waals surface area contributed by atoms with Crippen molar-refractivity contribution in [3.05, 3.63) is 58.4 Å². The van der Waals surface area contributed by atoms with E-state index in [-0.39, 0.29) is 16.8 Å². The molecule has 6 heterocycles. The number of fused-ring (bicyclic) bond motifs is 5. The third-order valence-electron chi connectivity index (χ3n) is 8.95. The van der Waals surface area contributed by atoms with Gasteiger partial charge in [-0.2, -0.15) is 0 Å². The fourth-order valence-electron chi connectivity index (χ4n) is 6.86. The molecule has 2 atom stereocenters. The van der Waals surface area contributed by atoms with Crippen LogP contribution in [-0.2, 0) is 7.05 Å². The first-order chi connectivity index (χ1) is 19.7. The number of likely N-dealkylation sites (N-methyl/N-ethyl adjacent to an activating group) is 1. The molecule has 7 rings (SSSR count). The first-order valence-electron chi connectivity index (χ1n) is 13.7. The maximum absolute atomic E-state index is 14.9. The fourth-order valence-corrected chi connectivity index (χ4v) is 6.86. The van der Waals surface area contributed by atoms with Gasteiger partial charge in [0.15, 0.2) is 0 Å². The number of likely N-dealkylation sites (tertiary alicyclic amines) is 1. The van der Waals surface area contributed by atoms with Gasteiger partial charge in [-0.1, -0.05) is 0 Å².